The average molecular weight is 282 g/mol. The maximum Gasteiger partial charge on any atom is 0.175 e. The molecule has 1 fully saturated rings. The maximum absolute atomic E-state index is 11.4. The third-order valence-electron chi connectivity index (χ3n) is 3.60. The Morgan fingerprint density at radius 1 is 1.32 bits per heavy atom. The summed E-state index contributed by atoms with van der Waals surface area (Å²) in [5.74, 6) is 0. The number of sulfone groups is 1. The van der Waals surface area contributed by atoms with Crippen LogP contribution in [-0.4, -0.2) is 40.3 Å². The molecule has 1 aromatic carbocycles. The zero-order chi connectivity index (χ0) is 13.9. The van der Waals surface area contributed by atoms with Crippen molar-refractivity contribution in [2.45, 2.75) is 30.7 Å². The minimum atomic E-state index is -3.10. The molecule has 0 bridgehead atoms. The molecule has 1 saturated heterocycles. The highest BCUT2D eigenvalue weighted by Gasteiger charge is 2.24. The van der Waals surface area contributed by atoms with Crippen LogP contribution in [0.1, 0.15) is 19.8 Å². The number of benzene rings is 1. The van der Waals surface area contributed by atoms with Gasteiger partial charge in [-0.3, -0.25) is 0 Å². The molecule has 4 nitrogen and oxygen atoms in total. The average Bonchev–Trinajstić information content (AvgIpc) is 2.83. The van der Waals surface area contributed by atoms with Crippen LogP contribution in [0.15, 0.2) is 29.2 Å². The molecule has 0 saturated carbocycles. The van der Waals surface area contributed by atoms with Crippen molar-refractivity contribution >= 4 is 15.5 Å². The molecule has 1 aliphatic heterocycles. The summed E-state index contributed by atoms with van der Waals surface area (Å²) in [6, 6.07) is 7.76. The normalized spacial score (nSPS) is 19.9. The van der Waals surface area contributed by atoms with Crippen LogP contribution in [0.25, 0.3) is 0 Å². The van der Waals surface area contributed by atoms with Crippen molar-refractivity contribution < 1.29 is 8.42 Å². The third kappa shape index (κ3) is 3.48. The molecule has 0 amide bonds. The molecule has 0 radical (unpaired) electrons. The van der Waals surface area contributed by atoms with Crippen molar-refractivity contribution in [3.05, 3.63) is 24.3 Å². The molecule has 1 unspecified atom stereocenters. The first-order chi connectivity index (χ1) is 9.02. The molecular formula is C14H22N2O2S. The van der Waals surface area contributed by atoms with Crippen LogP contribution in [-0.2, 0) is 9.84 Å². The van der Waals surface area contributed by atoms with Crippen molar-refractivity contribution in [1.29, 1.82) is 0 Å². The molecule has 106 valence electrons. The summed E-state index contributed by atoms with van der Waals surface area (Å²) in [6.07, 6.45) is 3.64. The number of nitrogens with one attached hydrogen (secondary N) is 1. The number of nitrogens with zero attached hydrogens (tertiary/aromatic N) is 1. The van der Waals surface area contributed by atoms with E-state index < -0.39 is 9.84 Å². The van der Waals surface area contributed by atoms with Gasteiger partial charge in [0.25, 0.3) is 0 Å². The van der Waals surface area contributed by atoms with Gasteiger partial charge in [0.15, 0.2) is 9.84 Å². The Labute approximate surface area is 115 Å². The minimum Gasteiger partial charge on any atom is -0.367 e. The van der Waals surface area contributed by atoms with Crippen molar-refractivity contribution in [2.75, 3.05) is 30.8 Å². The third-order valence-corrected chi connectivity index (χ3v) is 4.73. The lowest BCUT2D eigenvalue weighted by molar-refractivity contribution is 0.587. The van der Waals surface area contributed by atoms with Gasteiger partial charge in [0.05, 0.1) is 4.90 Å². The number of rotatable bonds is 5. The van der Waals surface area contributed by atoms with E-state index in [4.69, 9.17) is 0 Å². The molecular weight excluding hydrogens is 260 g/mol. The van der Waals surface area contributed by atoms with Gasteiger partial charge in [0.2, 0.25) is 0 Å². The predicted molar refractivity (Wildman–Crippen MR) is 78.5 cm³/mol. The molecule has 19 heavy (non-hydrogen) atoms. The van der Waals surface area contributed by atoms with Gasteiger partial charge in [-0.15, -0.1) is 0 Å². The van der Waals surface area contributed by atoms with Crippen LogP contribution in [0.5, 0.6) is 0 Å². The minimum absolute atomic E-state index is 0.388. The summed E-state index contributed by atoms with van der Waals surface area (Å²) >= 11 is 0. The van der Waals surface area contributed by atoms with E-state index in [-0.39, 0.29) is 0 Å². The topological polar surface area (TPSA) is 49.4 Å². The zero-order valence-corrected chi connectivity index (χ0v) is 12.4. The van der Waals surface area contributed by atoms with Crippen LogP contribution < -0.4 is 10.2 Å². The first kappa shape index (κ1) is 14.3. The molecule has 1 N–H and O–H groups in total. The molecule has 1 heterocycles. The molecule has 1 atom stereocenters. The highest BCUT2D eigenvalue weighted by atomic mass is 32.2. The summed E-state index contributed by atoms with van der Waals surface area (Å²) in [7, 11) is -3.10. The molecule has 0 spiro atoms. The Bertz CT molecular complexity index is 511. The van der Waals surface area contributed by atoms with Gasteiger partial charge < -0.3 is 10.2 Å². The predicted octanol–water partition coefficient (Wildman–Crippen LogP) is 1.67. The van der Waals surface area contributed by atoms with E-state index in [1.54, 1.807) is 12.1 Å². The fraction of sp³-hybridized carbons (Fsp3) is 0.571. The lowest BCUT2D eigenvalue weighted by Gasteiger charge is -2.27. The Hall–Kier alpha value is -1.07. The number of anilines is 1. The lowest BCUT2D eigenvalue weighted by Crippen LogP contribution is -2.37. The summed E-state index contributed by atoms with van der Waals surface area (Å²) in [6.45, 7) is 5.14. The van der Waals surface area contributed by atoms with Crippen molar-refractivity contribution in [1.82, 2.24) is 5.32 Å². The second-order valence-corrected chi connectivity index (χ2v) is 7.08. The van der Waals surface area contributed by atoms with Gasteiger partial charge in [0.1, 0.15) is 0 Å². The first-order valence-electron chi connectivity index (χ1n) is 6.80. The monoisotopic (exact) mass is 282 g/mol. The molecule has 5 heteroatoms. The molecule has 1 aromatic rings. The SMILES string of the molecule is CCNCC1CCCN1c1ccc(S(C)(=O)=O)cc1. The summed E-state index contributed by atoms with van der Waals surface area (Å²) in [5, 5.41) is 3.39. The van der Waals surface area contributed by atoms with Gasteiger partial charge in [0, 0.05) is 31.1 Å². The molecule has 1 aliphatic rings. The second-order valence-electron chi connectivity index (χ2n) is 5.06. The highest BCUT2D eigenvalue weighted by Crippen LogP contribution is 2.26. The molecule has 2 rings (SSSR count). The van der Waals surface area contributed by atoms with Crippen LogP contribution in [0, 0.1) is 0 Å². The van der Waals surface area contributed by atoms with E-state index in [0.717, 1.165) is 25.3 Å². The number of hydrogen-bond donors (Lipinski definition) is 1. The number of hydrogen-bond acceptors (Lipinski definition) is 4. The largest absolute Gasteiger partial charge is 0.367 e. The lowest BCUT2D eigenvalue weighted by atomic mass is 10.2. The zero-order valence-electron chi connectivity index (χ0n) is 11.6. The summed E-state index contributed by atoms with van der Waals surface area (Å²) < 4.78 is 22.9. The number of likely N-dealkylation sites (N-methyl/N-ethyl adjacent to an activating group) is 1. The van der Waals surface area contributed by atoms with Crippen LogP contribution in [0.2, 0.25) is 0 Å². The van der Waals surface area contributed by atoms with Gasteiger partial charge in [-0.05, 0) is 43.7 Å². The summed E-state index contributed by atoms with van der Waals surface area (Å²) in [5.41, 5.74) is 1.12. The van der Waals surface area contributed by atoms with E-state index in [2.05, 4.69) is 17.1 Å². The van der Waals surface area contributed by atoms with Crippen molar-refractivity contribution in [3.63, 3.8) is 0 Å². The quantitative estimate of drug-likeness (QED) is 0.892. The fourth-order valence-corrected chi connectivity index (χ4v) is 3.21. The smallest absolute Gasteiger partial charge is 0.175 e. The Balaban J connectivity index is 2.13. The Kier molecular flexibility index (Phi) is 4.47. The van der Waals surface area contributed by atoms with E-state index in [9.17, 15) is 8.42 Å². The van der Waals surface area contributed by atoms with Crippen LogP contribution >= 0.6 is 0 Å². The van der Waals surface area contributed by atoms with Crippen molar-refractivity contribution in [2.24, 2.45) is 0 Å². The van der Waals surface area contributed by atoms with Gasteiger partial charge in [-0.2, -0.15) is 0 Å². The van der Waals surface area contributed by atoms with E-state index >= 15 is 0 Å². The molecule has 0 aliphatic carbocycles. The second kappa shape index (κ2) is 5.92. The standard InChI is InChI=1S/C14H22N2O2S/c1-3-15-11-13-5-4-10-16(13)12-6-8-14(9-7-12)19(2,17)18/h6-9,13,15H,3-5,10-11H2,1-2H3. The molecule has 0 aromatic heterocycles. The van der Waals surface area contributed by atoms with E-state index in [1.807, 2.05) is 12.1 Å². The van der Waals surface area contributed by atoms with Crippen molar-refractivity contribution in [3.8, 4) is 0 Å². The first-order valence-corrected chi connectivity index (χ1v) is 8.69. The van der Waals surface area contributed by atoms with Gasteiger partial charge in [-0.25, -0.2) is 8.42 Å². The highest BCUT2D eigenvalue weighted by molar-refractivity contribution is 7.90. The van der Waals surface area contributed by atoms with E-state index in [1.165, 1.54) is 19.1 Å². The maximum atomic E-state index is 11.4. The van der Waals surface area contributed by atoms with Gasteiger partial charge in [-0.1, -0.05) is 6.92 Å². The Morgan fingerprint density at radius 2 is 2.00 bits per heavy atom. The van der Waals surface area contributed by atoms with Crippen LogP contribution in [0.4, 0.5) is 5.69 Å². The van der Waals surface area contributed by atoms with Crippen LogP contribution in [0.3, 0.4) is 0 Å². The Morgan fingerprint density at radius 3 is 2.58 bits per heavy atom. The van der Waals surface area contributed by atoms with E-state index in [0.29, 0.717) is 10.9 Å². The fourth-order valence-electron chi connectivity index (χ4n) is 2.58. The summed E-state index contributed by atoms with van der Waals surface area (Å²) in [4.78, 5) is 2.76. The van der Waals surface area contributed by atoms with Gasteiger partial charge >= 0.3 is 0 Å².